The first-order chi connectivity index (χ1) is 3.46. The van der Waals surface area contributed by atoms with E-state index in [1.54, 1.807) is 0 Å². The van der Waals surface area contributed by atoms with E-state index in [1.165, 1.54) is 0 Å². The summed E-state index contributed by atoms with van der Waals surface area (Å²) >= 11 is 0. The zero-order chi connectivity index (χ0) is 7.15. The van der Waals surface area contributed by atoms with Crippen molar-refractivity contribution in [1.82, 2.24) is 0 Å². The van der Waals surface area contributed by atoms with Gasteiger partial charge in [-0.25, -0.2) is 0 Å². The molecule has 0 saturated carbocycles. The van der Waals surface area contributed by atoms with Crippen LogP contribution in [0.2, 0.25) is 0 Å². The molecule has 0 bridgehead atoms. The Bertz CT molecular complexity index is 73.7. The van der Waals surface area contributed by atoms with Crippen molar-refractivity contribution < 1.29 is 85.1 Å². The first-order valence-corrected chi connectivity index (χ1v) is 3.50. The molecule has 0 fully saturated rings. The SMILES string of the molecule is O=[P+](O)O.O=[P+](O)O.[Gd].[Ni]. The topological polar surface area (TPSA) is 115 Å². The molecular formula is H4GdNiO6P2+2. The summed E-state index contributed by atoms with van der Waals surface area (Å²) < 4.78 is 17.4. The average Bonchev–Trinajstić information content (AvgIpc) is 1.25. The minimum atomic E-state index is -2.87. The van der Waals surface area contributed by atoms with Gasteiger partial charge in [-0.15, -0.1) is 19.6 Å². The van der Waals surface area contributed by atoms with Gasteiger partial charge in [0.25, 0.3) is 0 Å². The smallest absolute Gasteiger partial charge is 0.134 e. The summed E-state index contributed by atoms with van der Waals surface area (Å²) in [6, 6.07) is 0. The van der Waals surface area contributed by atoms with Crippen molar-refractivity contribution in [2.75, 3.05) is 0 Å². The second-order valence-electron chi connectivity index (χ2n) is 0.505. The molecular weight excluding hydrogens is 374 g/mol. The molecule has 0 aromatic carbocycles. The van der Waals surface area contributed by atoms with Crippen LogP contribution in [0.4, 0.5) is 0 Å². The van der Waals surface area contributed by atoms with Gasteiger partial charge in [-0.3, -0.25) is 0 Å². The molecule has 0 amide bonds. The molecule has 0 atom stereocenters. The molecule has 0 saturated heterocycles. The molecule has 0 spiro atoms. The largest absolute Gasteiger partial charge is 0.692 e. The molecule has 6 nitrogen and oxygen atoms in total. The van der Waals surface area contributed by atoms with E-state index >= 15 is 0 Å². The van der Waals surface area contributed by atoms with Gasteiger partial charge in [0.05, 0.1) is 0 Å². The normalized spacial score (nSPS) is 5.20. The van der Waals surface area contributed by atoms with Crippen molar-refractivity contribution >= 4 is 16.5 Å². The quantitative estimate of drug-likeness (QED) is 0.326. The first-order valence-electron chi connectivity index (χ1n) is 1.17. The Morgan fingerprint density at radius 2 is 0.800 bits per heavy atom. The Morgan fingerprint density at radius 3 is 0.800 bits per heavy atom. The number of hydrogen-bond acceptors (Lipinski definition) is 2. The summed E-state index contributed by atoms with van der Waals surface area (Å²) in [6.07, 6.45) is 0. The van der Waals surface area contributed by atoms with E-state index < -0.39 is 16.5 Å². The Balaban J connectivity index is -0.0000000300. The molecule has 0 unspecified atom stereocenters. The van der Waals surface area contributed by atoms with Crippen LogP contribution in [0.3, 0.4) is 0 Å². The van der Waals surface area contributed by atoms with E-state index in [9.17, 15) is 0 Å². The van der Waals surface area contributed by atoms with Gasteiger partial charge in [-0.05, 0) is 0 Å². The van der Waals surface area contributed by atoms with E-state index in [4.69, 9.17) is 28.7 Å². The van der Waals surface area contributed by atoms with Crippen molar-refractivity contribution in [2.24, 2.45) is 0 Å². The van der Waals surface area contributed by atoms with Gasteiger partial charge in [0, 0.05) is 65.6 Å². The maximum Gasteiger partial charge on any atom is 0.692 e. The molecule has 0 aliphatic carbocycles. The summed E-state index contributed by atoms with van der Waals surface area (Å²) in [6.45, 7) is 0. The van der Waals surface area contributed by atoms with Gasteiger partial charge in [0.2, 0.25) is 0 Å². The molecule has 0 aliphatic heterocycles. The third-order valence-electron chi connectivity index (χ3n) is 0. The van der Waals surface area contributed by atoms with Crippen molar-refractivity contribution in [3.63, 3.8) is 0 Å². The molecule has 0 aromatic heterocycles. The van der Waals surface area contributed by atoms with Crippen LogP contribution in [0.15, 0.2) is 0 Å². The first kappa shape index (κ1) is 22.6. The average molecular weight is 378 g/mol. The minimum Gasteiger partial charge on any atom is -0.134 e. The van der Waals surface area contributed by atoms with E-state index in [0.29, 0.717) is 0 Å². The van der Waals surface area contributed by atoms with Gasteiger partial charge in [0.1, 0.15) is 0 Å². The molecule has 4 N–H and O–H groups in total. The minimum absolute atomic E-state index is 0. The summed E-state index contributed by atoms with van der Waals surface area (Å²) in [7, 11) is -5.74. The van der Waals surface area contributed by atoms with Crippen LogP contribution in [0.25, 0.3) is 0 Å². The van der Waals surface area contributed by atoms with E-state index in [1.807, 2.05) is 0 Å². The van der Waals surface area contributed by atoms with Crippen LogP contribution in [0.5, 0.6) is 0 Å². The van der Waals surface area contributed by atoms with E-state index in [0.717, 1.165) is 0 Å². The molecule has 0 rings (SSSR count). The summed E-state index contributed by atoms with van der Waals surface area (Å²) in [5, 5.41) is 0. The van der Waals surface area contributed by atoms with Gasteiger partial charge in [-0.1, -0.05) is 0 Å². The third kappa shape index (κ3) is 224. The molecule has 0 aliphatic rings. The Morgan fingerprint density at radius 1 is 0.800 bits per heavy atom. The fourth-order valence-electron chi connectivity index (χ4n) is 0. The maximum atomic E-state index is 8.70. The molecule has 0 aromatic rings. The maximum absolute atomic E-state index is 8.70. The fraction of sp³-hybridized carbons (Fsp3) is 0. The molecule has 10 heteroatoms. The zero-order valence-corrected chi connectivity index (χ0v) is 9.21. The van der Waals surface area contributed by atoms with Crippen molar-refractivity contribution in [1.29, 1.82) is 0 Å². The van der Waals surface area contributed by atoms with Crippen molar-refractivity contribution in [2.45, 2.75) is 0 Å². The standard InChI is InChI=1S/Gd.Ni.2HO3P/c;;2*1-4(2)3/h;;2*(H-,1,2,3)/p+2. The van der Waals surface area contributed by atoms with Crippen LogP contribution in [-0.4, -0.2) is 19.6 Å². The van der Waals surface area contributed by atoms with Crippen molar-refractivity contribution in [3.05, 3.63) is 0 Å². The Labute approximate surface area is 101 Å². The molecule has 0 heterocycles. The van der Waals surface area contributed by atoms with Crippen LogP contribution < -0.4 is 0 Å². The Kier molecular flexibility index (Phi) is 38.7. The summed E-state index contributed by atoms with van der Waals surface area (Å²) in [5.41, 5.74) is 0. The second kappa shape index (κ2) is 17.1. The van der Waals surface area contributed by atoms with E-state index in [2.05, 4.69) is 0 Å². The van der Waals surface area contributed by atoms with Crippen LogP contribution in [0, 0.1) is 39.9 Å². The number of rotatable bonds is 0. The number of hydrogen-bond donors (Lipinski definition) is 4. The monoisotopic (exact) mass is 378 g/mol. The summed E-state index contributed by atoms with van der Waals surface area (Å²) in [4.78, 5) is 28.5. The van der Waals surface area contributed by atoms with Crippen LogP contribution >= 0.6 is 16.5 Å². The predicted molar refractivity (Wildman–Crippen MR) is 24.1 cm³/mol. The molecule has 66 valence electrons. The van der Waals surface area contributed by atoms with Crippen LogP contribution in [-0.2, 0) is 25.6 Å². The second-order valence-corrected chi connectivity index (χ2v) is 1.52. The van der Waals surface area contributed by atoms with E-state index in [-0.39, 0.29) is 56.4 Å². The summed E-state index contributed by atoms with van der Waals surface area (Å²) in [5.74, 6) is 0. The van der Waals surface area contributed by atoms with Crippen molar-refractivity contribution in [3.8, 4) is 0 Å². The predicted octanol–water partition coefficient (Wildman–Crippen LogP) is -0.746. The molecule has 10 heavy (non-hydrogen) atoms. The van der Waals surface area contributed by atoms with Gasteiger partial charge >= 0.3 is 16.5 Å². The fourth-order valence-corrected chi connectivity index (χ4v) is 0. The van der Waals surface area contributed by atoms with Gasteiger partial charge < -0.3 is 0 Å². The Hall–Kier alpha value is 1.86. The van der Waals surface area contributed by atoms with Gasteiger partial charge in [0.15, 0.2) is 0 Å². The van der Waals surface area contributed by atoms with Gasteiger partial charge in [-0.2, -0.15) is 0 Å². The zero-order valence-electron chi connectivity index (χ0n) is 4.17. The third-order valence-corrected chi connectivity index (χ3v) is 0. The molecule has 0 radical (unpaired) electrons. The van der Waals surface area contributed by atoms with Crippen LogP contribution in [0.1, 0.15) is 0 Å².